The fourth-order valence-electron chi connectivity index (χ4n) is 2.00. The van der Waals surface area contributed by atoms with Gasteiger partial charge < -0.3 is 0 Å². The Morgan fingerprint density at radius 3 is 2.19 bits per heavy atom. The molecular formula is C18H23NOS. The molecule has 0 aliphatic carbocycles. The van der Waals surface area contributed by atoms with Crippen LogP contribution in [0.2, 0.25) is 0 Å². The SMILES string of the molecule is CC(C)(/C=N/[S@@](=O)C(C)(C)C)c1ccc2ccccc2c1. The Labute approximate surface area is 129 Å². The molecule has 0 unspecified atom stereocenters. The Hall–Kier alpha value is -1.48. The van der Waals surface area contributed by atoms with E-state index < -0.39 is 11.0 Å². The van der Waals surface area contributed by atoms with Crippen LogP contribution in [-0.4, -0.2) is 15.2 Å². The lowest BCUT2D eigenvalue weighted by molar-refractivity contribution is 0.649. The molecule has 0 aliphatic rings. The summed E-state index contributed by atoms with van der Waals surface area (Å²) in [6.45, 7) is 10.00. The van der Waals surface area contributed by atoms with Gasteiger partial charge in [0, 0.05) is 11.6 Å². The molecule has 2 aromatic carbocycles. The predicted octanol–water partition coefficient (Wildman–Crippen LogP) is 4.65. The Bertz CT molecular complexity index is 696. The highest BCUT2D eigenvalue weighted by Crippen LogP contribution is 2.26. The van der Waals surface area contributed by atoms with E-state index >= 15 is 0 Å². The van der Waals surface area contributed by atoms with Crippen LogP contribution < -0.4 is 0 Å². The summed E-state index contributed by atoms with van der Waals surface area (Å²) in [5, 5.41) is 2.45. The smallest absolute Gasteiger partial charge is 0.144 e. The van der Waals surface area contributed by atoms with Gasteiger partial charge in [0.15, 0.2) is 0 Å². The second-order valence-corrected chi connectivity index (χ2v) is 8.81. The van der Waals surface area contributed by atoms with Crippen molar-refractivity contribution in [1.82, 2.24) is 0 Å². The molecule has 3 heteroatoms. The molecule has 1 atom stereocenters. The molecule has 112 valence electrons. The third-order valence-corrected chi connectivity index (χ3v) is 4.83. The Kier molecular flexibility index (Phi) is 4.33. The van der Waals surface area contributed by atoms with Crippen LogP contribution in [0, 0.1) is 0 Å². The second kappa shape index (κ2) is 5.72. The van der Waals surface area contributed by atoms with Crippen LogP contribution in [0.1, 0.15) is 40.2 Å². The first-order chi connectivity index (χ1) is 9.70. The zero-order chi connectivity index (χ0) is 15.7. The van der Waals surface area contributed by atoms with Crippen molar-refractivity contribution < 1.29 is 4.21 Å². The van der Waals surface area contributed by atoms with E-state index in [1.165, 1.54) is 16.3 Å². The van der Waals surface area contributed by atoms with Gasteiger partial charge in [-0.05, 0) is 37.1 Å². The standard InChI is InChI=1S/C18H23NOS/c1-17(2,3)21(20)19-13-18(4,5)16-11-10-14-8-6-7-9-15(14)12-16/h6-13H,1-5H3/b19-13+/t21-/m0/s1. The summed E-state index contributed by atoms with van der Waals surface area (Å²) in [5.74, 6) is 0. The molecule has 0 fully saturated rings. The average Bonchev–Trinajstić information content (AvgIpc) is 2.43. The topological polar surface area (TPSA) is 29.4 Å². The first-order valence-corrected chi connectivity index (χ1v) is 8.27. The molecule has 0 radical (unpaired) electrons. The monoisotopic (exact) mass is 301 g/mol. The zero-order valence-electron chi connectivity index (χ0n) is 13.4. The van der Waals surface area contributed by atoms with Crippen LogP contribution in [-0.2, 0) is 16.4 Å². The van der Waals surface area contributed by atoms with Crippen LogP contribution in [0.25, 0.3) is 10.8 Å². The number of nitrogens with zero attached hydrogens (tertiary/aromatic N) is 1. The van der Waals surface area contributed by atoms with Crippen molar-refractivity contribution in [3.05, 3.63) is 48.0 Å². The molecule has 2 nitrogen and oxygen atoms in total. The van der Waals surface area contributed by atoms with Crippen molar-refractivity contribution in [1.29, 1.82) is 0 Å². The minimum atomic E-state index is -1.22. The number of hydrogen-bond donors (Lipinski definition) is 0. The zero-order valence-corrected chi connectivity index (χ0v) is 14.2. The summed E-state index contributed by atoms with van der Waals surface area (Å²) in [5.41, 5.74) is 0.932. The van der Waals surface area contributed by atoms with E-state index in [0.29, 0.717) is 0 Å². The molecule has 0 N–H and O–H groups in total. The van der Waals surface area contributed by atoms with Gasteiger partial charge in [-0.1, -0.05) is 56.3 Å². The van der Waals surface area contributed by atoms with Gasteiger partial charge in [0.1, 0.15) is 11.0 Å². The number of rotatable bonds is 3. The van der Waals surface area contributed by atoms with Gasteiger partial charge in [-0.3, -0.25) is 0 Å². The molecule has 0 heterocycles. The van der Waals surface area contributed by atoms with Gasteiger partial charge in [0.05, 0.1) is 4.75 Å². The van der Waals surface area contributed by atoms with Crippen LogP contribution >= 0.6 is 0 Å². The molecular weight excluding hydrogens is 278 g/mol. The summed E-state index contributed by atoms with van der Waals surface area (Å²) in [6, 6.07) is 14.7. The average molecular weight is 301 g/mol. The van der Waals surface area contributed by atoms with E-state index in [-0.39, 0.29) is 10.2 Å². The molecule has 21 heavy (non-hydrogen) atoms. The Balaban J connectivity index is 2.33. The van der Waals surface area contributed by atoms with Gasteiger partial charge in [-0.25, -0.2) is 4.21 Å². The van der Waals surface area contributed by atoms with E-state index in [0.717, 1.165) is 0 Å². The Morgan fingerprint density at radius 1 is 0.952 bits per heavy atom. The van der Waals surface area contributed by atoms with Gasteiger partial charge in [0.2, 0.25) is 0 Å². The van der Waals surface area contributed by atoms with E-state index in [1.807, 2.05) is 39.1 Å². The largest absolute Gasteiger partial charge is 0.234 e. The summed E-state index contributed by atoms with van der Waals surface area (Å²) in [6.07, 6.45) is 1.82. The van der Waals surface area contributed by atoms with Gasteiger partial charge in [-0.2, -0.15) is 4.40 Å². The quantitative estimate of drug-likeness (QED) is 0.759. The van der Waals surface area contributed by atoms with E-state index in [9.17, 15) is 4.21 Å². The Morgan fingerprint density at radius 2 is 1.57 bits per heavy atom. The lowest BCUT2D eigenvalue weighted by Gasteiger charge is -2.21. The first kappa shape index (κ1) is 15.9. The minimum Gasteiger partial charge on any atom is -0.234 e. The van der Waals surface area contributed by atoms with Crippen LogP contribution in [0.5, 0.6) is 0 Å². The fourth-order valence-corrected chi connectivity index (χ4v) is 2.68. The van der Waals surface area contributed by atoms with Crippen molar-refractivity contribution in [2.24, 2.45) is 4.40 Å². The summed E-state index contributed by atoms with van der Waals surface area (Å²) in [7, 11) is -1.22. The van der Waals surface area contributed by atoms with Gasteiger partial charge >= 0.3 is 0 Å². The lowest BCUT2D eigenvalue weighted by Crippen LogP contribution is -2.23. The molecule has 0 aliphatic heterocycles. The molecule has 0 saturated carbocycles. The van der Waals surface area contributed by atoms with Gasteiger partial charge in [-0.15, -0.1) is 0 Å². The molecule has 0 spiro atoms. The fraction of sp³-hybridized carbons (Fsp3) is 0.389. The van der Waals surface area contributed by atoms with Crippen LogP contribution in [0.15, 0.2) is 46.9 Å². The van der Waals surface area contributed by atoms with Crippen LogP contribution in [0.4, 0.5) is 0 Å². The second-order valence-electron chi connectivity index (χ2n) is 6.88. The first-order valence-electron chi connectivity index (χ1n) is 7.17. The maximum atomic E-state index is 12.1. The number of hydrogen-bond acceptors (Lipinski definition) is 1. The number of benzene rings is 2. The van der Waals surface area contributed by atoms with E-state index in [1.54, 1.807) is 0 Å². The molecule has 0 saturated heterocycles. The minimum absolute atomic E-state index is 0.245. The molecule has 0 amide bonds. The normalized spacial score (nSPS) is 14.7. The van der Waals surface area contributed by atoms with Crippen molar-refractivity contribution in [2.75, 3.05) is 0 Å². The lowest BCUT2D eigenvalue weighted by atomic mass is 9.85. The highest BCUT2D eigenvalue weighted by molar-refractivity contribution is 7.85. The molecule has 2 rings (SSSR count). The van der Waals surface area contributed by atoms with Gasteiger partial charge in [0.25, 0.3) is 0 Å². The van der Waals surface area contributed by atoms with E-state index in [2.05, 4.69) is 48.6 Å². The summed E-state index contributed by atoms with van der Waals surface area (Å²) >= 11 is 0. The predicted molar refractivity (Wildman–Crippen MR) is 93.4 cm³/mol. The maximum absolute atomic E-state index is 12.1. The summed E-state index contributed by atoms with van der Waals surface area (Å²) < 4.78 is 16.0. The molecule has 0 aromatic heterocycles. The highest BCUT2D eigenvalue weighted by Gasteiger charge is 2.22. The van der Waals surface area contributed by atoms with Crippen molar-refractivity contribution in [3.8, 4) is 0 Å². The van der Waals surface area contributed by atoms with Crippen molar-refractivity contribution in [2.45, 2.75) is 44.8 Å². The van der Waals surface area contributed by atoms with Crippen molar-refractivity contribution in [3.63, 3.8) is 0 Å². The maximum Gasteiger partial charge on any atom is 0.144 e. The van der Waals surface area contributed by atoms with Crippen LogP contribution in [0.3, 0.4) is 0 Å². The molecule has 2 aromatic rings. The van der Waals surface area contributed by atoms with Crippen molar-refractivity contribution >= 4 is 28.0 Å². The highest BCUT2D eigenvalue weighted by atomic mass is 32.2. The van der Waals surface area contributed by atoms with E-state index in [4.69, 9.17) is 0 Å². The summed E-state index contributed by atoms with van der Waals surface area (Å²) in [4.78, 5) is 0. The molecule has 0 bridgehead atoms. The third kappa shape index (κ3) is 3.79. The number of fused-ring (bicyclic) bond motifs is 1. The third-order valence-electron chi connectivity index (χ3n) is 3.49.